The third-order valence-corrected chi connectivity index (χ3v) is 3.12. The molecule has 0 amide bonds. The summed E-state index contributed by atoms with van der Waals surface area (Å²) in [6, 6.07) is 5.01. The molecule has 0 bridgehead atoms. The summed E-state index contributed by atoms with van der Waals surface area (Å²) in [5.74, 6) is 0. The molecule has 88 valence electrons. The summed E-state index contributed by atoms with van der Waals surface area (Å²) in [5.41, 5.74) is 3.46. The summed E-state index contributed by atoms with van der Waals surface area (Å²) < 4.78 is 0. The zero-order valence-corrected chi connectivity index (χ0v) is 10.0. The van der Waals surface area contributed by atoms with E-state index >= 15 is 0 Å². The van der Waals surface area contributed by atoms with Crippen molar-refractivity contribution in [2.75, 3.05) is 5.32 Å². The number of aromatic nitrogens is 1. The zero-order chi connectivity index (χ0) is 12.3. The van der Waals surface area contributed by atoms with E-state index in [9.17, 15) is 10.1 Å². The van der Waals surface area contributed by atoms with Crippen molar-refractivity contribution in [2.45, 2.75) is 13.5 Å². The summed E-state index contributed by atoms with van der Waals surface area (Å²) in [5, 5.41) is 13.9. The lowest BCUT2D eigenvalue weighted by molar-refractivity contribution is -0.385. The molecule has 0 aliphatic rings. The van der Waals surface area contributed by atoms with Gasteiger partial charge in [-0.05, 0) is 19.1 Å². The Labute approximate surface area is 102 Å². The van der Waals surface area contributed by atoms with Gasteiger partial charge in [-0.1, -0.05) is 0 Å². The maximum atomic E-state index is 10.7. The number of nitro groups is 1. The lowest BCUT2D eigenvalue weighted by Gasteiger charge is -2.05. The van der Waals surface area contributed by atoms with Crippen LogP contribution in [0.25, 0.3) is 0 Å². The fraction of sp³-hybridized carbons (Fsp3) is 0.182. The molecule has 0 atom stereocenters. The maximum absolute atomic E-state index is 10.7. The molecule has 6 heteroatoms. The summed E-state index contributed by atoms with van der Waals surface area (Å²) in [4.78, 5) is 15.4. The highest BCUT2D eigenvalue weighted by molar-refractivity contribution is 7.09. The fourth-order valence-corrected chi connectivity index (χ4v) is 2.02. The van der Waals surface area contributed by atoms with Crippen LogP contribution in [-0.4, -0.2) is 9.91 Å². The molecule has 1 aromatic heterocycles. The topological polar surface area (TPSA) is 68.1 Å². The largest absolute Gasteiger partial charge is 0.380 e. The minimum absolute atomic E-state index is 0.147. The predicted octanol–water partition coefficient (Wildman–Crippen LogP) is 2.97. The van der Waals surface area contributed by atoms with Gasteiger partial charge >= 0.3 is 0 Å². The van der Waals surface area contributed by atoms with Gasteiger partial charge in [0.15, 0.2) is 0 Å². The molecule has 1 heterocycles. The van der Waals surface area contributed by atoms with E-state index in [1.54, 1.807) is 42.1 Å². The Morgan fingerprint density at radius 2 is 2.35 bits per heavy atom. The SMILES string of the molecule is Cc1cc(NCc2cncs2)ccc1[N+](=O)[O-]. The summed E-state index contributed by atoms with van der Waals surface area (Å²) in [7, 11) is 0. The van der Waals surface area contributed by atoms with Crippen molar-refractivity contribution in [1.29, 1.82) is 0 Å². The van der Waals surface area contributed by atoms with Crippen molar-refractivity contribution < 1.29 is 4.92 Å². The number of nitro benzene ring substituents is 1. The Hall–Kier alpha value is -1.95. The molecule has 5 nitrogen and oxygen atoms in total. The monoisotopic (exact) mass is 249 g/mol. The van der Waals surface area contributed by atoms with Crippen LogP contribution >= 0.6 is 11.3 Å². The summed E-state index contributed by atoms with van der Waals surface area (Å²) in [6.07, 6.45) is 1.80. The van der Waals surface area contributed by atoms with Crippen LogP contribution in [0.15, 0.2) is 29.9 Å². The van der Waals surface area contributed by atoms with Crippen LogP contribution < -0.4 is 5.32 Å². The molecular weight excluding hydrogens is 238 g/mol. The third-order valence-electron chi connectivity index (χ3n) is 2.34. The van der Waals surface area contributed by atoms with Crippen LogP contribution in [-0.2, 0) is 6.54 Å². The maximum Gasteiger partial charge on any atom is 0.272 e. The number of nitrogens with zero attached hydrogens (tertiary/aromatic N) is 2. The zero-order valence-electron chi connectivity index (χ0n) is 9.21. The molecule has 0 saturated heterocycles. The van der Waals surface area contributed by atoms with Gasteiger partial charge < -0.3 is 5.32 Å². The predicted molar refractivity (Wildman–Crippen MR) is 67.3 cm³/mol. The molecule has 0 aliphatic heterocycles. The molecule has 1 N–H and O–H groups in total. The fourth-order valence-electron chi connectivity index (χ4n) is 1.49. The number of anilines is 1. The van der Waals surface area contributed by atoms with Crippen molar-refractivity contribution in [3.05, 3.63) is 50.5 Å². The highest BCUT2D eigenvalue weighted by Gasteiger charge is 2.09. The third kappa shape index (κ3) is 2.79. The molecule has 1 aromatic carbocycles. The van der Waals surface area contributed by atoms with E-state index in [2.05, 4.69) is 10.3 Å². The highest BCUT2D eigenvalue weighted by atomic mass is 32.1. The number of hydrogen-bond donors (Lipinski definition) is 1. The van der Waals surface area contributed by atoms with E-state index < -0.39 is 0 Å². The average Bonchev–Trinajstić information content (AvgIpc) is 2.78. The Balaban J connectivity index is 2.07. The Bertz CT molecular complexity index is 526. The van der Waals surface area contributed by atoms with Crippen molar-refractivity contribution >= 4 is 22.7 Å². The standard InChI is InChI=1S/C11H11N3O2S/c1-8-4-9(2-3-11(8)14(15)16)13-6-10-5-12-7-17-10/h2-5,7,13H,6H2,1H3. The van der Waals surface area contributed by atoms with Crippen LogP contribution in [0.4, 0.5) is 11.4 Å². The normalized spacial score (nSPS) is 10.2. The molecule has 0 radical (unpaired) electrons. The Morgan fingerprint density at radius 3 is 2.94 bits per heavy atom. The Morgan fingerprint density at radius 1 is 1.53 bits per heavy atom. The van der Waals surface area contributed by atoms with Gasteiger partial charge in [-0.15, -0.1) is 11.3 Å². The van der Waals surface area contributed by atoms with Gasteiger partial charge in [0.2, 0.25) is 0 Å². The number of rotatable bonds is 4. The molecule has 0 aliphatic carbocycles. The van der Waals surface area contributed by atoms with Crippen LogP contribution in [0, 0.1) is 17.0 Å². The average molecular weight is 249 g/mol. The highest BCUT2D eigenvalue weighted by Crippen LogP contribution is 2.22. The second kappa shape index (κ2) is 4.92. The van der Waals surface area contributed by atoms with Crippen LogP contribution in [0.2, 0.25) is 0 Å². The van der Waals surface area contributed by atoms with Gasteiger partial charge in [0.1, 0.15) is 0 Å². The molecule has 0 saturated carbocycles. The van der Waals surface area contributed by atoms with Gasteiger partial charge in [-0.25, -0.2) is 0 Å². The molecular formula is C11H11N3O2S. The van der Waals surface area contributed by atoms with Crippen molar-refractivity contribution in [1.82, 2.24) is 4.98 Å². The summed E-state index contributed by atoms with van der Waals surface area (Å²) in [6.45, 7) is 2.41. The van der Waals surface area contributed by atoms with Gasteiger partial charge in [0.25, 0.3) is 5.69 Å². The molecule has 2 aromatic rings. The number of hydrogen-bond acceptors (Lipinski definition) is 5. The van der Waals surface area contributed by atoms with Gasteiger partial charge in [-0.3, -0.25) is 15.1 Å². The van der Waals surface area contributed by atoms with Crippen LogP contribution in [0.1, 0.15) is 10.4 Å². The minimum Gasteiger partial charge on any atom is -0.380 e. The van der Waals surface area contributed by atoms with Gasteiger partial charge in [0, 0.05) is 28.4 Å². The van der Waals surface area contributed by atoms with E-state index in [-0.39, 0.29) is 10.6 Å². The number of nitrogens with one attached hydrogen (secondary N) is 1. The number of benzene rings is 1. The smallest absolute Gasteiger partial charge is 0.272 e. The van der Waals surface area contributed by atoms with Crippen molar-refractivity contribution in [2.24, 2.45) is 0 Å². The first-order valence-corrected chi connectivity index (χ1v) is 5.91. The van der Waals surface area contributed by atoms with E-state index in [0.717, 1.165) is 10.6 Å². The molecule has 0 unspecified atom stereocenters. The Kier molecular flexibility index (Phi) is 3.34. The molecule has 0 spiro atoms. The van der Waals surface area contributed by atoms with E-state index in [1.807, 2.05) is 0 Å². The first-order chi connectivity index (χ1) is 8.16. The van der Waals surface area contributed by atoms with Crippen LogP contribution in [0.5, 0.6) is 0 Å². The quantitative estimate of drug-likeness (QED) is 0.668. The molecule has 2 rings (SSSR count). The number of aryl methyl sites for hydroxylation is 1. The van der Waals surface area contributed by atoms with Crippen molar-refractivity contribution in [3.8, 4) is 0 Å². The molecule has 0 fully saturated rings. The van der Waals surface area contributed by atoms with E-state index in [0.29, 0.717) is 12.1 Å². The summed E-state index contributed by atoms with van der Waals surface area (Å²) >= 11 is 1.57. The van der Waals surface area contributed by atoms with Crippen LogP contribution in [0.3, 0.4) is 0 Å². The van der Waals surface area contributed by atoms with E-state index in [1.165, 1.54) is 6.07 Å². The lowest BCUT2D eigenvalue weighted by atomic mass is 10.2. The number of thiazole rings is 1. The van der Waals surface area contributed by atoms with Crippen molar-refractivity contribution in [3.63, 3.8) is 0 Å². The van der Waals surface area contributed by atoms with Gasteiger partial charge in [0.05, 0.1) is 17.0 Å². The molecule has 17 heavy (non-hydrogen) atoms. The van der Waals surface area contributed by atoms with E-state index in [4.69, 9.17) is 0 Å². The van der Waals surface area contributed by atoms with Gasteiger partial charge in [-0.2, -0.15) is 0 Å². The lowest BCUT2D eigenvalue weighted by Crippen LogP contribution is -1.99. The first-order valence-electron chi connectivity index (χ1n) is 5.03. The first kappa shape index (κ1) is 11.5. The minimum atomic E-state index is -0.373. The second-order valence-corrected chi connectivity index (χ2v) is 4.55. The second-order valence-electron chi connectivity index (χ2n) is 3.58.